The number of hydrogen-bond acceptors (Lipinski definition) is 2. The van der Waals surface area contributed by atoms with E-state index in [0.717, 1.165) is 24.8 Å². The standard InChI is InChI=1S/C25H29N3O/c1-18-7-9-22(10-8-18)24-12-20-11-21(13-24)15-25(14-20,17-24)27-23(29)28-26-16-19-5-3-2-4-6-19/h2-10,16,20-21H,11-15,17H2,1H3,(H2,27,28,29)/b26-16-/t20-,21+,24?,25?. The van der Waals surface area contributed by atoms with E-state index >= 15 is 0 Å². The summed E-state index contributed by atoms with van der Waals surface area (Å²) in [5.74, 6) is 1.43. The Morgan fingerprint density at radius 3 is 2.38 bits per heavy atom. The second-order valence-electron chi connectivity index (χ2n) is 9.62. The number of rotatable bonds is 4. The van der Waals surface area contributed by atoms with Crippen molar-refractivity contribution in [3.63, 3.8) is 0 Å². The molecule has 2 amide bonds. The van der Waals surface area contributed by atoms with Gasteiger partial charge < -0.3 is 5.32 Å². The van der Waals surface area contributed by atoms with E-state index in [4.69, 9.17) is 0 Å². The number of benzene rings is 2. The highest BCUT2D eigenvalue weighted by Gasteiger charge is 2.58. The van der Waals surface area contributed by atoms with E-state index in [-0.39, 0.29) is 17.0 Å². The van der Waals surface area contributed by atoms with Crippen molar-refractivity contribution in [1.29, 1.82) is 0 Å². The molecule has 4 aliphatic rings. The molecular weight excluding hydrogens is 358 g/mol. The van der Waals surface area contributed by atoms with Crippen LogP contribution < -0.4 is 10.7 Å². The summed E-state index contributed by atoms with van der Waals surface area (Å²) in [5, 5.41) is 7.49. The Kier molecular flexibility index (Phi) is 4.45. The molecule has 4 heteroatoms. The van der Waals surface area contributed by atoms with Crippen molar-refractivity contribution >= 4 is 12.2 Å². The summed E-state index contributed by atoms with van der Waals surface area (Å²) < 4.78 is 0. The van der Waals surface area contributed by atoms with E-state index in [2.05, 4.69) is 47.0 Å². The Hall–Kier alpha value is -2.62. The smallest absolute Gasteiger partial charge is 0.331 e. The van der Waals surface area contributed by atoms with Gasteiger partial charge in [0.1, 0.15) is 0 Å². The molecule has 4 atom stereocenters. The van der Waals surface area contributed by atoms with Crippen LogP contribution in [0.4, 0.5) is 4.79 Å². The lowest BCUT2D eigenvalue weighted by Crippen LogP contribution is -2.65. The summed E-state index contributed by atoms with van der Waals surface area (Å²) in [5.41, 5.74) is 6.55. The van der Waals surface area contributed by atoms with Crippen molar-refractivity contribution in [2.45, 2.75) is 56.4 Å². The number of carbonyl (C=O) groups excluding carboxylic acids is 1. The van der Waals surface area contributed by atoms with E-state index < -0.39 is 0 Å². The zero-order valence-corrected chi connectivity index (χ0v) is 17.0. The lowest BCUT2D eigenvalue weighted by Gasteiger charge is -2.62. The fraction of sp³-hybridized carbons (Fsp3) is 0.440. The molecule has 2 aromatic rings. The highest BCUT2D eigenvalue weighted by molar-refractivity contribution is 5.82. The fourth-order valence-corrected chi connectivity index (χ4v) is 6.63. The molecule has 4 fully saturated rings. The monoisotopic (exact) mass is 387 g/mol. The van der Waals surface area contributed by atoms with Gasteiger partial charge in [0.05, 0.1) is 6.21 Å². The van der Waals surface area contributed by atoms with Crippen LogP contribution >= 0.6 is 0 Å². The highest BCUT2D eigenvalue weighted by atomic mass is 16.2. The Morgan fingerprint density at radius 1 is 1.00 bits per heavy atom. The topological polar surface area (TPSA) is 53.5 Å². The normalized spacial score (nSPS) is 32.4. The zero-order chi connectivity index (χ0) is 19.9. The lowest BCUT2D eigenvalue weighted by molar-refractivity contribution is -0.0349. The van der Waals surface area contributed by atoms with Gasteiger partial charge in [0.25, 0.3) is 0 Å². The van der Waals surface area contributed by atoms with Crippen molar-refractivity contribution < 1.29 is 4.79 Å². The Labute approximate surface area is 172 Å². The summed E-state index contributed by atoms with van der Waals surface area (Å²) in [6, 6.07) is 18.7. The van der Waals surface area contributed by atoms with Crippen LogP contribution in [-0.4, -0.2) is 17.8 Å². The van der Waals surface area contributed by atoms with Gasteiger partial charge in [-0.15, -0.1) is 0 Å². The minimum absolute atomic E-state index is 0.0959. The van der Waals surface area contributed by atoms with E-state index in [1.54, 1.807) is 6.21 Å². The van der Waals surface area contributed by atoms with Crippen molar-refractivity contribution in [2.75, 3.05) is 0 Å². The molecule has 150 valence electrons. The third-order valence-electron chi connectivity index (χ3n) is 7.28. The van der Waals surface area contributed by atoms with Crippen LogP contribution in [0.2, 0.25) is 0 Å². The maximum atomic E-state index is 12.7. The Bertz CT molecular complexity index is 905. The summed E-state index contributed by atoms with van der Waals surface area (Å²) in [6.07, 6.45) is 8.80. The molecule has 0 saturated heterocycles. The number of hydrogen-bond donors (Lipinski definition) is 2. The molecule has 2 N–H and O–H groups in total. The van der Waals surface area contributed by atoms with Gasteiger partial charge in [0.15, 0.2) is 0 Å². The van der Waals surface area contributed by atoms with Gasteiger partial charge in [-0.2, -0.15) is 5.10 Å². The fourth-order valence-electron chi connectivity index (χ4n) is 6.63. The number of nitrogens with zero attached hydrogens (tertiary/aromatic N) is 1. The largest absolute Gasteiger partial charge is 0.335 e. The van der Waals surface area contributed by atoms with Crippen LogP contribution in [0.1, 0.15) is 55.2 Å². The zero-order valence-electron chi connectivity index (χ0n) is 17.0. The Balaban J connectivity index is 1.31. The summed E-state index contributed by atoms with van der Waals surface area (Å²) in [6.45, 7) is 2.15. The first-order valence-electron chi connectivity index (χ1n) is 10.8. The van der Waals surface area contributed by atoms with E-state index in [0.29, 0.717) is 11.8 Å². The number of nitrogens with one attached hydrogen (secondary N) is 2. The second-order valence-corrected chi connectivity index (χ2v) is 9.62. The van der Waals surface area contributed by atoms with Crippen LogP contribution in [0.3, 0.4) is 0 Å². The second kappa shape index (κ2) is 7.01. The first-order valence-corrected chi connectivity index (χ1v) is 10.8. The van der Waals surface area contributed by atoms with Crippen LogP contribution in [-0.2, 0) is 5.41 Å². The first kappa shape index (κ1) is 18.4. The van der Waals surface area contributed by atoms with Gasteiger partial charge in [-0.05, 0) is 73.8 Å². The van der Waals surface area contributed by atoms with Crippen LogP contribution in [0.25, 0.3) is 0 Å². The van der Waals surface area contributed by atoms with Crippen LogP contribution in [0, 0.1) is 18.8 Å². The Morgan fingerprint density at radius 2 is 1.69 bits per heavy atom. The van der Waals surface area contributed by atoms with E-state index in [9.17, 15) is 4.79 Å². The maximum absolute atomic E-state index is 12.7. The van der Waals surface area contributed by atoms with E-state index in [1.807, 2.05) is 30.3 Å². The van der Waals surface area contributed by atoms with Gasteiger partial charge in [0.2, 0.25) is 0 Å². The number of urea groups is 1. The lowest BCUT2D eigenvalue weighted by atomic mass is 9.45. The molecule has 0 radical (unpaired) electrons. The molecule has 6 rings (SSSR count). The predicted octanol–water partition coefficient (Wildman–Crippen LogP) is 4.92. The molecule has 29 heavy (non-hydrogen) atoms. The highest BCUT2D eigenvalue weighted by Crippen LogP contribution is 2.62. The van der Waals surface area contributed by atoms with Gasteiger partial charge in [-0.25, -0.2) is 10.2 Å². The maximum Gasteiger partial charge on any atom is 0.335 e. The molecular formula is C25H29N3O. The molecule has 4 bridgehead atoms. The summed E-state index contributed by atoms with van der Waals surface area (Å²) >= 11 is 0. The van der Waals surface area contributed by atoms with Gasteiger partial charge in [-0.1, -0.05) is 60.2 Å². The third kappa shape index (κ3) is 3.57. The minimum atomic E-state index is -0.182. The molecule has 2 unspecified atom stereocenters. The SMILES string of the molecule is Cc1ccc(C23C[C@@H]4C[C@@H](CC(NC(=O)N/N=C\c5ccccc5)(C4)C2)C3)cc1. The summed E-state index contributed by atoms with van der Waals surface area (Å²) in [4.78, 5) is 12.7. The number of hydrazone groups is 1. The molecule has 4 saturated carbocycles. The average Bonchev–Trinajstić information content (AvgIpc) is 2.68. The third-order valence-corrected chi connectivity index (χ3v) is 7.28. The van der Waals surface area contributed by atoms with Gasteiger partial charge >= 0.3 is 6.03 Å². The van der Waals surface area contributed by atoms with E-state index in [1.165, 1.54) is 30.4 Å². The van der Waals surface area contributed by atoms with Crippen molar-refractivity contribution in [3.8, 4) is 0 Å². The van der Waals surface area contributed by atoms with Crippen molar-refractivity contribution in [3.05, 3.63) is 71.3 Å². The first-order chi connectivity index (χ1) is 14.0. The molecule has 2 aromatic carbocycles. The van der Waals surface area contributed by atoms with Crippen LogP contribution in [0.5, 0.6) is 0 Å². The molecule has 4 nitrogen and oxygen atoms in total. The molecule has 0 heterocycles. The quantitative estimate of drug-likeness (QED) is 0.568. The molecule has 4 aliphatic carbocycles. The number of amides is 2. The van der Waals surface area contributed by atoms with Crippen molar-refractivity contribution in [2.24, 2.45) is 16.9 Å². The average molecular weight is 388 g/mol. The minimum Gasteiger partial charge on any atom is -0.331 e. The van der Waals surface area contributed by atoms with Gasteiger partial charge in [0, 0.05) is 5.54 Å². The predicted molar refractivity (Wildman–Crippen MR) is 116 cm³/mol. The van der Waals surface area contributed by atoms with Gasteiger partial charge in [-0.3, -0.25) is 0 Å². The number of aryl methyl sites for hydroxylation is 1. The molecule has 0 spiro atoms. The molecule has 0 aromatic heterocycles. The number of carbonyl (C=O) groups is 1. The van der Waals surface area contributed by atoms with Crippen LogP contribution in [0.15, 0.2) is 59.7 Å². The molecule has 0 aliphatic heterocycles. The van der Waals surface area contributed by atoms with Crippen molar-refractivity contribution in [1.82, 2.24) is 10.7 Å². The summed E-state index contributed by atoms with van der Waals surface area (Å²) in [7, 11) is 0.